The Kier molecular flexibility index (Phi) is 2.34. The van der Waals surface area contributed by atoms with Crippen molar-refractivity contribution in [2.75, 3.05) is 0 Å². The highest BCUT2D eigenvalue weighted by Gasteiger charge is 2.28. The van der Waals surface area contributed by atoms with Gasteiger partial charge in [0.05, 0.1) is 0 Å². The number of nitrogens with zero attached hydrogens (tertiary/aromatic N) is 1. The molecule has 10 heavy (non-hydrogen) atoms. The van der Waals surface area contributed by atoms with Crippen LogP contribution in [0.15, 0.2) is 12.2 Å². The van der Waals surface area contributed by atoms with E-state index in [1.165, 1.54) is 5.57 Å². The fourth-order valence-corrected chi connectivity index (χ4v) is 1.44. The lowest BCUT2D eigenvalue weighted by molar-refractivity contribution is 0.577. The normalized spacial score (nSPS) is 33.4. The van der Waals surface area contributed by atoms with E-state index < -0.39 is 0 Å². The quantitative estimate of drug-likeness (QED) is 0.288. The Morgan fingerprint density at radius 1 is 1.70 bits per heavy atom. The van der Waals surface area contributed by atoms with E-state index in [0.29, 0.717) is 0 Å². The maximum Gasteiger partial charge on any atom is 0.243 e. The average molecular weight is 156 g/mol. The standard InChI is InChI=1S/C8H10ClN/c1-6-3-4-7(9)8(5-6)10-2/h7-8H,1,3-5H2. The number of halogens is 1. The fourth-order valence-electron chi connectivity index (χ4n) is 1.19. The molecule has 2 unspecified atom stereocenters. The van der Waals surface area contributed by atoms with Gasteiger partial charge < -0.3 is 4.85 Å². The summed E-state index contributed by atoms with van der Waals surface area (Å²) in [5, 5.41) is 0.0583. The van der Waals surface area contributed by atoms with Crippen molar-refractivity contribution in [3.8, 4) is 0 Å². The summed E-state index contributed by atoms with van der Waals surface area (Å²) in [6, 6.07) is -0.0112. The second-order valence-corrected chi connectivity index (χ2v) is 3.27. The first-order valence-corrected chi connectivity index (χ1v) is 3.85. The molecule has 1 rings (SSSR count). The fraction of sp³-hybridized carbons (Fsp3) is 0.625. The van der Waals surface area contributed by atoms with Gasteiger partial charge in [-0.15, -0.1) is 11.6 Å². The minimum atomic E-state index is -0.0112. The molecule has 0 radical (unpaired) electrons. The van der Waals surface area contributed by atoms with Gasteiger partial charge in [0.1, 0.15) is 5.38 Å². The first-order chi connectivity index (χ1) is 4.74. The Bertz CT molecular complexity index is 180. The van der Waals surface area contributed by atoms with Crippen LogP contribution >= 0.6 is 11.6 Å². The zero-order chi connectivity index (χ0) is 7.56. The Labute approximate surface area is 66.5 Å². The van der Waals surface area contributed by atoms with Gasteiger partial charge in [0.15, 0.2) is 0 Å². The van der Waals surface area contributed by atoms with Crippen LogP contribution in [-0.4, -0.2) is 11.4 Å². The Morgan fingerprint density at radius 2 is 2.40 bits per heavy atom. The summed E-state index contributed by atoms with van der Waals surface area (Å²) in [5.74, 6) is 0. The molecule has 1 saturated carbocycles. The summed E-state index contributed by atoms with van der Waals surface area (Å²) < 4.78 is 0. The largest absolute Gasteiger partial charge is 0.312 e. The number of rotatable bonds is 0. The SMILES string of the molecule is [C-]#[N+]C1CC(=C)CCC1Cl. The van der Waals surface area contributed by atoms with Gasteiger partial charge in [-0.2, -0.15) is 0 Å². The molecule has 0 bridgehead atoms. The summed E-state index contributed by atoms with van der Waals surface area (Å²) in [7, 11) is 0. The molecule has 0 saturated heterocycles. The van der Waals surface area contributed by atoms with Crippen LogP contribution < -0.4 is 0 Å². The molecular weight excluding hydrogens is 146 g/mol. The molecule has 0 spiro atoms. The highest BCUT2D eigenvalue weighted by molar-refractivity contribution is 6.21. The Balaban J connectivity index is 2.56. The van der Waals surface area contributed by atoms with Crippen molar-refractivity contribution in [2.45, 2.75) is 30.7 Å². The van der Waals surface area contributed by atoms with Crippen molar-refractivity contribution in [1.82, 2.24) is 0 Å². The van der Waals surface area contributed by atoms with Crippen LogP contribution in [0, 0.1) is 6.57 Å². The van der Waals surface area contributed by atoms with Gasteiger partial charge in [-0.05, 0) is 12.8 Å². The van der Waals surface area contributed by atoms with E-state index in [-0.39, 0.29) is 11.4 Å². The van der Waals surface area contributed by atoms with Crippen LogP contribution in [0.3, 0.4) is 0 Å². The number of alkyl halides is 1. The van der Waals surface area contributed by atoms with Crippen LogP contribution in [0.1, 0.15) is 19.3 Å². The second kappa shape index (κ2) is 3.07. The lowest BCUT2D eigenvalue weighted by atomic mass is 9.92. The smallest absolute Gasteiger partial charge is 0.243 e. The van der Waals surface area contributed by atoms with Crippen molar-refractivity contribution < 1.29 is 0 Å². The maximum absolute atomic E-state index is 6.82. The monoisotopic (exact) mass is 155 g/mol. The molecular formula is C8H10ClN. The van der Waals surface area contributed by atoms with Crippen molar-refractivity contribution in [3.05, 3.63) is 23.6 Å². The van der Waals surface area contributed by atoms with E-state index in [2.05, 4.69) is 11.4 Å². The van der Waals surface area contributed by atoms with E-state index in [9.17, 15) is 0 Å². The van der Waals surface area contributed by atoms with Gasteiger partial charge in [-0.25, -0.2) is 6.57 Å². The number of hydrogen-bond acceptors (Lipinski definition) is 0. The van der Waals surface area contributed by atoms with E-state index >= 15 is 0 Å². The summed E-state index contributed by atoms with van der Waals surface area (Å²) in [6.45, 7) is 10.7. The lowest BCUT2D eigenvalue weighted by Gasteiger charge is -2.19. The molecule has 1 aliphatic rings. The lowest BCUT2D eigenvalue weighted by Crippen LogP contribution is -2.22. The van der Waals surface area contributed by atoms with E-state index in [0.717, 1.165) is 19.3 Å². The molecule has 0 aromatic rings. The molecule has 1 nitrogen and oxygen atoms in total. The second-order valence-electron chi connectivity index (χ2n) is 2.71. The van der Waals surface area contributed by atoms with Gasteiger partial charge in [0.2, 0.25) is 6.04 Å². The van der Waals surface area contributed by atoms with E-state index in [1.54, 1.807) is 0 Å². The van der Waals surface area contributed by atoms with Gasteiger partial charge in [-0.1, -0.05) is 12.2 Å². The van der Waals surface area contributed by atoms with Crippen molar-refractivity contribution >= 4 is 11.6 Å². The van der Waals surface area contributed by atoms with Gasteiger partial charge in [0.25, 0.3) is 0 Å². The van der Waals surface area contributed by atoms with Crippen LogP contribution in [0.4, 0.5) is 0 Å². The number of hydrogen-bond donors (Lipinski definition) is 0. The minimum absolute atomic E-state index is 0.0112. The highest BCUT2D eigenvalue weighted by Crippen LogP contribution is 2.28. The minimum Gasteiger partial charge on any atom is -0.312 e. The summed E-state index contributed by atoms with van der Waals surface area (Å²) in [6.07, 6.45) is 2.73. The molecule has 0 N–H and O–H groups in total. The van der Waals surface area contributed by atoms with E-state index in [4.69, 9.17) is 18.2 Å². The summed E-state index contributed by atoms with van der Waals surface area (Å²) in [5.41, 5.74) is 1.18. The van der Waals surface area contributed by atoms with Crippen molar-refractivity contribution in [1.29, 1.82) is 0 Å². The van der Waals surface area contributed by atoms with Crippen LogP contribution in [0.5, 0.6) is 0 Å². The van der Waals surface area contributed by atoms with Crippen molar-refractivity contribution in [3.63, 3.8) is 0 Å². The van der Waals surface area contributed by atoms with Crippen LogP contribution in [0.25, 0.3) is 4.85 Å². The first kappa shape index (κ1) is 7.63. The molecule has 0 heterocycles. The van der Waals surface area contributed by atoms with E-state index in [1.807, 2.05) is 0 Å². The molecule has 2 heteroatoms. The van der Waals surface area contributed by atoms with Gasteiger partial charge >= 0.3 is 0 Å². The van der Waals surface area contributed by atoms with Gasteiger partial charge in [0, 0.05) is 6.42 Å². The first-order valence-electron chi connectivity index (χ1n) is 3.41. The van der Waals surface area contributed by atoms with Crippen LogP contribution in [0.2, 0.25) is 0 Å². The van der Waals surface area contributed by atoms with Crippen molar-refractivity contribution in [2.24, 2.45) is 0 Å². The molecule has 0 aliphatic heterocycles. The highest BCUT2D eigenvalue weighted by atomic mass is 35.5. The molecule has 1 fully saturated rings. The van der Waals surface area contributed by atoms with Crippen LogP contribution in [-0.2, 0) is 0 Å². The maximum atomic E-state index is 6.82. The zero-order valence-electron chi connectivity index (χ0n) is 5.81. The molecule has 54 valence electrons. The predicted molar refractivity (Wildman–Crippen MR) is 43.0 cm³/mol. The Hall–Kier alpha value is -0.480. The third kappa shape index (κ3) is 1.52. The molecule has 0 aromatic carbocycles. The topological polar surface area (TPSA) is 4.36 Å². The Morgan fingerprint density at radius 3 is 2.90 bits per heavy atom. The molecule has 0 aromatic heterocycles. The molecule has 0 amide bonds. The molecule has 1 aliphatic carbocycles. The summed E-state index contributed by atoms with van der Waals surface area (Å²) >= 11 is 5.89. The average Bonchev–Trinajstić information content (AvgIpc) is 1.94. The third-order valence-electron chi connectivity index (χ3n) is 1.85. The van der Waals surface area contributed by atoms with Gasteiger partial charge in [-0.3, -0.25) is 0 Å². The molecule has 2 atom stereocenters. The predicted octanol–water partition coefficient (Wildman–Crippen LogP) is 2.62. The summed E-state index contributed by atoms with van der Waals surface area (Å²) in [4.78, 5) is 3.44. The third-order valence-corrected chi connectivity index (χ3v) is 2.36. The zero-order valence-corrected chi connectivity index (χ0v) is 6.56.